The number of carbonyl (C=O) groups excluding carboxylic acids is 1. The van der Waals surface area contributed by atoms with Gasteiger partial charge in [-0.25, -0.2) is 0 Å². The molecule has 2 fully saturated rings. The molecule has 24 heavy (non-hydrogen) atoms. The average Bonchev–Trinajstić information content (AvgIpc) is 3.11. The number of aromatic amines is 1. The molecule has 2 aliphatic heterocycles. The summed E-state index contributed by atoms with van der Waals surface area (Å²) in [6.45, 7) is 6.62. The number of nitrogens with zero attached hydrogens (tertiary/aromatic N) is 4. The van der Waals surface area contributed by atoms with Crippen LogP contribution in [0.1, 0.15) is 36.9 Å². The first kappa shape index (κ1) is 16.1. The first-order valence-corrected chi connectivity index (χ1v) is 9.38. The summed E-state index contributed by atoms with van der Waals surface area (Å²) in [6.07, 6.45) is 7.68. The molecule has 2 saturated heterocycles. The highest BCUT2D eigenvalue weighted by atomic mass is 16.2. The fourth-order valence-corrected chi connectivity index (χ4v) is 4.76. The molecule has 0 bridgehead atoms. The van der Waals surface area contributed by atoms with Gasteiger partial charge in [-0.3, -0.25) is 14.8 Å². The lowest BCUT2D eigenvalue weighted by atomic mass is 9.77. The van der Waals surface area contributed by atoms with E-state index in [1.165, 1.54) is 17.7 Å². The zero-order valence-corrected chi connectivity index (χ0v) is 14.8. The topological polar surface area (TPSA) is 55.5 Å². The number of likely N-dealkylation sites (N-methyl/N-ethyl adjacent to an activating group) is 1. The smallest absolute Gasteiger partial charge is 0.236 e. The summed E-state index contributed by atoms with van der Waals surface area (Å²) in [5.74, 6) is 0.312. The molecule has 1 N–H and O–H groups in total. The summed E-state index contributed by atoms with van der Waals surface area (Å²) in [5.41, 5.74) is 2.80. The highest BCUT2D eigenvalue weighted by molar-refractivity contribution is 5.78. The average molecular weight is 331 g/mol. The third-order valence-electron chi connectivity index (χ3n) is 6.22. The number of hydrogen-bond donors (Lipinski definition) is 1. The largest absolute Gasteiger partial charge is 0.341 e. The summed E-state index contributed by atoms with van der Waals surface area (Å²) in [4.78, 5) is 19.7. The number of aromatic nitrogens is 2. The van der Waals surface area contributed by atoms with E-state index in [0.29, 0.717) is 12.5 Å². The lowest BCUT2D eigenvalue weighted by Crippen LogP contribution is -2.50. The van der Waals surface area contributed by atoms with Crippen molar-refractivity contribution in [3.05, 3.63) is 17.5 Å². The van der Waals surface area contributed by atoms with Crippen LogP contribution in [0.5, 0.6) is 0 Å². The summed E-state index contributed by atoms with van der Waals surface area (Å²) >= 11 is 0. The van der Waals surface area contributed by atoms with Crippen LogP contribution >= 0.6 is 0 Å². The van der Waals surface area contributed by atoms with E-state index in [1.54, 1.807) is 0 Å². The molecule has 0 radical (unpaired) electrons. The maximum Gasteiger partial charge on any atom is 0.236 e. The lowest BCUT2D eigenvalue weighted by molar-refractivity contribution is -0.134. The Balaban J connectivity index is 1.40. The van der Waals surface area contributed by atoms with Gasteiger partial charge in [0.05, 0.1) is 12.7 Å². The van der Waals surface area contributed by atoms with Gasteiger partial charge in [0.25, 0.3) is 0 Å². The predicted molar refractivity (Wildman–Crippen MR) is 93.0 cm³/mol. The summed E-state index contributed by atoms with van der Waals surface area (Å²) < 4.78 is 0. The molecule has 1 spiro atoms. The van der Waals surface area contributed by atoms with Crippen LogP contribution in [-0.4, -0.2) is 83.7 Å². The van der Waals surface area contributed by atoms with Crippen molar-refractivity contribution in [2.75, 3.05) is 52.9 Å². The van der Waals surface area contributed by atoms with E-state index in [-0.39, 0.29) is 5.41 Å². The molecule has 1 atom stereocenters. The van der Waals surface area contributed by atoms with Gasteiger partial charge < -0.3 is 9.80 Å². The third kappa shape index (κ3) is 2.97. The van der Waals surface area contributed by atoms with E-state index in [1.807, 2.05) is 6.20 Å². The number of nitrogens with one attached hydrogen (secondary N) is 1. The van der Waals surface area contributed by atoms with Crippen LogP contribution in [0.4, 0.5) is 0 Å². The molecule has 6 heteroatoms. The number of rotatable bonds is 2. The van der Waals surface area contributed by atoms with Crippen LogP contribution in [0, 0.1) is 0 Å². The maximum atomic E-state index is 12.9. The molecule has 4 rings (SSSR count). The Morgan fingerprint density at radius 2 is 2.12 bits per heavy atom. The maximum absolute atomic E-state index is 12.9. The van der Waals surface area contributed by atoms with Crippen LogP contribution in [0.3, 0.4) is 0 Å². The van der Waals surface area contributed by atoms with Gasteiger partial charge in [-0.15, -0.1) is 0 Å². The number of fused-ring (bicyclic) bond motifs is 2. The third-order valence-corrected chi connectivity index (χ3v) is 6.22. The Kier molecular flexibility index (Phi) is 4.35. The Morgan fingerprint density at radius 3 is 3.04 bits per heavy atom. The summed E-state index contributed by atoms with van der Waals surface area (Å²) in [5, 5.41) is 7.46. The zero-order chi connectivity index (χ0) is 16.6. The second-order valence-electron chi connectivity index (χ2n) is 7.90. The molecule has 6 nitrogen and oxygen atoms in total. The second kappa shape index (κ2) is 6.48. The Bertz CT molecular complexity index is 600. The molecule has 132 valence electrons. The van der Waals surface area contributed by atoms with Gasteiger partial charge in [0.1, 0.15) is 0 Å². The molecule has 1 amide bonds. The van der Waals surface area contributed by atoms with E-state index in [9.17, 15) is 4.79 Å². The van der Waals surface area contributed by atoms with Gasteiger partial charge in [-0.1, -0.05) is 0 Å². The fourth-order valence-electron chi connectivity index (χ4n) is 4.76. The van der Waals surface area contributed by atoms with Gasteiger partial charge in [0.15, 0.2) is 0 Å². The molecular formula is C18H29N5O. The number of aryl methyl sites for hydroxylation is 1. The van der Waals surface area contributed by atoms with Crippen LogP contribution in [-0.2, 0) is 16.6 Å². The van der Waals surface area contributed by atoms with Crippen LogP contribution < -0.4 is 0 Å². The molecular weight excluding hydrogens is 302 g/mol. The predicted octanol–water partition coefficient (Wildman–Crippen LogP) is 0.854. The highest BCUT2D eigenvalue weighted by Crippen LogP contribution is 2.43. The zero-order valence-electron chi connectivity index (χ0n) is 14.8. The van der Waals surface area contributed by atoms with Crippen LogP contribution in [0.2, 0.25) is 0 Å². The number of H-pyrrole nitrogens is 1. The van der Waals surface area contributed by atoms with Gasteiger partial charge in [0, 0.05) is 37.3 Å². The molecule has 0 saturated carbocycles. The fraction of sp³-hybridized carbons (Fsp3) is 0.778. The molecule has 0 aromatic carbocycles. The Morgan fingerprint density at radius 1 is 1.21 bits per heavy atom. The van der Waals surface area contributed by atoms with Crippen molar-refractivity contribution in [1.29, 1.82) is 0 Å². The number of carbonyl (C=O) groups is 1. The van der Waals surface area contributed by atoms with Crippen LogP contribution in [0.25, 0.3) is 0 Å². The van der Waals surface area contributed by atoms with Gasteiger partial charge >= 0.3 is 0 Å². The molecule has 1 unspecified atom stereocenters. The van der Waals surface area contributed by atoms with Gasteiger partial charge in [-0.2, -0.15) is 5.10 Å². The SMILES string of the molecule is CN1CCCN(CC(=O)N2CCCC3(CCc4cn[nH]c43)C2)CC1. The van der Waals surface area contributed by atoms with E-state index in [2.05, 4.69) is 31.9 Å². The number of hydrogen-bond acceptors (Lipinski definition) is 4. The van der Waals surface area contributed by atoms with E-state index >= 15 is 0 Å². The van der Waals surface area contributed by atoms with Gasteiger partial charge in [-0.05, 0) is 57.8 Å². The minimum absolute atomic E-state index is 0.138. The number of likely N-dealkylation sites (tertiary alicyclic amines) is 1. The number of amides is 1. The van der Waals surface area contributed by atoms with Gasteiger partial charge in [0.2, 0.25) is 5.91 Å². The minimum Gasteiger partial charge on any atom is -0.341 e. The van der Waals surface area contributed by atoms with E-state index in [4.69, 9.17) is 0 Å². The number of piperidine rings is 1. The second-order valence-corrected chi connectivity index (χ2v) is 7.90. The van der Waals surface area contributed by atoms with Crippen molar-refractivity contribution in [1.82, 2.24) is 24.9 Å². The van der Waals surface area contributed by atoms with E-state index < -0.39 is 0 Å². The highest BCUT2D eigenvalue weighted by Gasteiger charge is 2.44. The standard InChI is InChI=1S/C18H29N5O/c1-21-7-3-8-22(11-10-21)13-16(24)23-9-2-5-18(14-23)6-4-15-12-19-20-17(15)18/h12H,2-11,13-14H2,1H3,(H,19,20). The molecule has 3 heterocycles. The quantitative estimate of drug-likeness (QED) is 0.873. The lowest BCUT2D eigenvalue weighted by Gasteiger charge is -2.41. The Hall–Kier alpha value is -1.40. The van der Waals surface area contributed by atoms with Crippen molar-refractivity contribution >= 4 is 5.91 Å². The molecule has 3 aliphatic rings. The molecule has 1 aliphatic carbocycles. The first-order chi connectivity index (χ1) is 11.7. The van der Waals surface area contributed by atoms with Crippen molar-refractivity contribution in [2.45, 2.75) is 37.5 Å². The first-order valence-electron chi connectivity index (χ1n) is 9.38. The molecule has 1 aromatic heterocycles. The van der Waals surface area contributed by atoms with Crippen molar-refractivity contribution in [3.63, 3.8) is 0 Å². The van der Waals surface area contributed by atoms with E-state index in [0.717, 1.165) is 65.0 Å². The van der Waals surface area contributed by atoms with Crippen molar-refractivity contribution in [2.24, 2.45) is 0 Å². The van der Waals surface area contributed by atoms with Crippen molar-refractivity contribution in [3.8, 4) is 0 Å². The summed E-state index contributed by atoms with van der Waals surface area (Å²) in [6, 6.07) is 0. The summed E-state index contributed by atoms with van der Waals surface area (Å²) in [7, 11) is 2.17. The van der Waals surface area contributed by atoms with Crippen molar-refractivity contribution < 1.29 is 4.79 Å². The van der Waals surface area contributed by atoms with Crippen LogP contribution in [0.15, 0.2) is 6.20 Å². The molecule has 1 aromatic rings. The minimum atomic E-state index is 0.138. The monoisotopic (exact) mass is 331 g/mol. The Labute approximate surface area is 144 Å². The normalized spacial score (nSPS) is 29.0.